The molecule has 1 aromatic rings. The van der Waals surface area contributed by atoms with Crippen molar-refractivity contribution in [3.63, 3.8) is 0 Å². The molecule has 0 fully saturated rings. The number of aliphatic carboxylic acids is 1. The van der Waals surface area contributed by atoms with Crippen LogP contribution in [-0.4, -0.2) is 11.1 Å². The summed E-state index contributed by atoms with van der Waals surface area (Å²) in [6, 6.07) is 3.99. The molecule has 3 nitrogen and oxygen atoms in total. The van der Waals surface area contributed by atoms with Gasteiger partial charge in [0.15, 0.2) is 0 Å². The molecule has 0 aliphatic rings. The van der Waals surface area contributed by atoms with E-state index in [4.69, 9.17) is 10.4 Å². The number of hydrogen-bond acceptors (Lipinski definition) is 2. The molecule has 1 rings (SSSR count). The molecule has 0 bridgehead atoms. The highest BCUT2D eigenvalue weighted by molar-refractivity contribution is 9.10. The summed E-state index contributed by atoms with van der Waals surface area (Å²) in [5, 5.41) is 17.2. The number of carboxylic acids is 1. The van der Waals surface area contributed by atoms with Crippen LogP contribution in [0.2, 0.25) is 0 Å². The third kappa shape index (κ3) is 2.76. The van der Waals surface area contributed by atoms with Crippen molar-refractivity contribution in [1.29, 1.82) is 5.26 Å². The minimum absolute atomic E-state index is 0.00775. The number of rotatable bonds is 3. The number of hydrogen-bond donors (Lipinski definition) is 1. The zero-order valence-corrected chi connectivity index (χ0v) is 9.46. The van der Waals surface area contributed by atoms with E-state index in [0.717, 1.165) is 6.07 Å². The maximum Gasteiger partial charge on any atom is 0.307 e. The molecule has 84 valence electrons. The van der Waals surface area contributed by atoms with Crippen molar-refractivity contribution in [2.45, 2.75) is 12.8 Å². The standard InChI is InChI=1S/C10H6BrF2NO2/c11-8-2-5(3-9(15)16)7(10(12)13)1-6(8)4-14/h1-2,10H,3H2,(H,15,16). The van der Waals surface area contributed by atoms with E-state index in [-0.39, 0.29) is 11.1 Å². The zero-order chi connectivity index (χ0) is 12.3. The minimum Gasteiger partial charge on any atom is -0.481 e. The lowest BCUT2D eigenvalue weighted by Crippen LogP contribution is -2.05. The maximum atomic E-state index is 12.6. The Morgan fingerprint density at radius 2 is 2.19 bits per heavy atom. The Kier molecular flexibility index (Phi) is 3.96. The summed E-state index contributed by atoms with van der Waals surface area (Å²) in [4.78, 5) is 10.5. The molecule has 1 aromatic carbocycles. The Balaban J connectivity index is 3.31. The van der Waals surface area contributed by atoms with Gasteiger partial charge in [-0.05, 0) is 33.6 Å². The van der Waals surface area contributed by atoms with Gasteiger partial charge in [0.25, 0.3) is 6.43 Å². The molecule has 0 atom stereocenters. The van der Waals surface area contributed by atoms with Gasteiger partial charge >= 0.3 is 5.97 Å². The third-order valence-electron chi connectivity index (χ3n) is 1.93. The van der Waals surface area contributed by atoms with E-state index in [0.29, 0.717) is 4.47 Å². The second kappa shape index (κ2) is 5.03. The van der Waals surface area contributed by atoms with E-state index >= 15 is 0 Å². The van der Waals surface area contributed by atoms with Crippen LogP contribution in [0.5, 0.6) is 0 Å². The van der Waals surface area contributed by atoms with Crippen molar-refractivity contribution in [2.24, 2.45) is 0 Å². The van der Waals surface area contributed by atoms with Crippen molar-refractivity contribution in [3.8, 4) is 6.07 Å². The maximum absolute atomic E-state index is 12.6. The molecule has 0 aliphatic carbocycles. The minimum atomic E-state index is -2.80. The molecule has 0 radical (unpaired) electrons. The van der Waals surface area contributed by atoms with Crippen LogP contribution in [0.4, 0.5) is 8.78 Å². The lowest BCUT2D eigenvalue weighted by Gasteiger charge is -2.08. The highest BCUT2D eigenvalue weighted by atomic mass is 79.9. The van der Waals surface area contributed by atoms with Crippen LogP contribution in [0.25, 0.3) is 0 Å². The Morgan fingerprint density at radius 1 is 1.56 bits per heavy atom. The smallest absolute Gasteiger partial charge is 0.307 e. The monoisotopic (exact) mass is 289 g/mol. The van der Waals surface area contributed by atoms with Crippen molar-refractivity contribution in [2.75, 3.05) is 0 Å². The van der Waals surface area contributed by atoms with Gasteiger partial charge in [0.05, 0.1) is 12.0 Å². The van der Waals surface area contributed by atoms with Gasteiger partial charge in [0.1, 0.15) is 6.07 Å². The van der Waals surface area contributed by atoms with E-state index in [1.807, 2.05) is 0 Å². The highest BCUT2D eigenvalue weighted by Crippen LogP contribution is 2.29. The summed E-state index contributed by atoms with van der Waals surface area (Å²) < 4.78 is 25.5. The van der Waals surface area contributed by atoms with Crippen LogP contribution in [0.1, 0.15) is 23.1 Å². The number of nitriles is 1. The molecular formula is C10H6BrF2NO2. The van der Waals surface area contributed by atoms with Crippen LogP contribution in [-0.2, 0) is 11.2 Å². The van der Waals surface area contributed by atoms with Crippen LogP contribution in [0.3, 0.4) is 0 Å². The third-order valence-corrected chi connectivity index (χ3v) is 2.58. The van der Waals surface area contributed by atoms with Gasteiger partial charge < -0.3 is 5.11 Å². The first kappa shape index (κ1) is 12.6. The van der Waals surface area contributed by atoms with Gasteiger partial charge in [0, 0.05) is 10.0 Å². The SMILES string of the molecule is N#Cc1cc(C(F)F)c(CC(=O)O)cc1Br. The van der Waals surface area contributed by atoms with Crippen molar-refractivity contribution in [1.82, 2.24) is 0 Å². The molecule has 0 saturated carbocycles. The fourth-order valence-corrected chi connectivity index (χ4v) is 1.72. The van der Waals surface area contributed by atoms with Crippen molar-refractivity contribution in [3.05, 3.63) is 33.3 Å². The van der Waals surface area contributed by atoms with E-state index < -0.39 is 24.4 Å². The summed E-state index contributed by atoms with van der Waals surface area (Å²) in [6.07, 6.45) is -3.29. The second-order valence-corrected chi connectivity index (χ2v) is 3.87. The van der Waals surface area contributed by atoms with Crippen LogP contribution in [0.15, 0.2) is 16.6 Å². The molecule has 1 N–H and O–H groups in total. The van der Waals surface area contributed by atoms with Gasteiger partial charge in [-0.15, -0.1) is 0 Å². The van der Waals surface area contributed by atoms with Gasteiger partial charge in [-0.3, -0.25) is 4.79 Å². The van der Waals surface area contributed by atoms with E-state index in [1.165, 1.54) is 6.07 Å². The molecule has 0 heterocycles. The van der Waals surface area contributed by atoms with Crippen LogP contribution < -0.4 is 0 Å². The predicted molar refractivity (Wildman–Crippen MR) is 55.2 cm³/mol. The number of nitrogens with zero attached hydrogens (tertiary/aromatic N) is 1. The molecular weight excluding hydrogens is 284 g/mol. The first-order valence-electron chi connectivity index (χ1n) is 4.18. The highest BCUT2D eigenvalue weighted by Gasteiger charge is 2.17. The first-order chi connectivity index (χ1) is 7.45. The average Bonchev–Trinajstić information content (AvgIpc) is 2.16. The summed E-state index contributed by atoms with van der Waals surface area (Å²) in [7, 11) is 0. The number of alkyl halides is 2. The topological polar surface area (TPSA) is 61.1 Å². The first-order valence-corrected chi connectivity index (χ1v) is 4.97. The predicted octanol–water partition coefficient (Wildman–Crippen LogP) is 2.89. The normalized spacial score (nSPS) is 10.2. The summed E-state index contributed by atoms with van der Waals surface area (Å²) >= 11 is 3.02. The molecule has 0 spiro atoms. The lowest BCUT2D eigenvalue weighted by molar-refractivity contribution is -0.136. The van der Waals surface area contributed by atoms with Crippen LogP contribution in [0, 0.1) is 11.3 Å². The Bertz CT molecular complexity index is 469. The van der Waals surface area contributed by atoms with Crippen molar-refractivity contribution >= 4 is 21.9 Å². The van der Waals surface area contributed by atoms with E-state index in [1.54, 1.807) is 6.07 Å². The van der Waals surface area contributed by atoms with E-state index in [9.17, 15) is 13.6 Å². The lowest BCUT2D eigenvalue weighted by atomic mass is 10.0. The van der Waals surface area contributed by atoms with Crippen molar-refractivity contribution < 1.29 is 18.7 Å². The summed E-state index contributed by atoms with van der Waals surface area (Å²) in [5.74, 6) is -1.20. The van der Waals surface area contributed by atoms with Crippen LogP contribution >= 0.6 is 15.9 Å². The van der Waals surface area contributed by atoms with Gasteiger partial charge in [-0.2, -0.15) is 5.26 Å². The molecule has 0 amide bonds. The van der Waals surface area contributed by atoms with E-state index in [2.05, 4.69) is 15.9 Å². The number of carboxylic acid groups (broad SMARTS) is 1. The average molecular weight is 290 g/mol. The molecule has 0 saturated heterocycles. The quantitative estimate of drug-likeness (QED) is 0.931. The zero-order valence-electron chi connectivity index (χ0n) is 7.88. The molecule has 0 unspecified atom stereocenters. The van der Waals surface area contributed by atoms with Gasteiger partial charge in [0.2, 0.25) is 0 Å². The molecule has 0 aliphatic heterocycles. The Morgan fingerprint density at radius 3 is 2.62 bits per heavy atom. The molecule has 6 heteroatoms. The number of benzene rings is 1. The molecule has 16 heavy (non-hydrogen) atoms. The summed E-state index contributed by atoms with van der Waals surface area (Å²) in [6.45, 7) is 0. The molecule has 0 aromatic heterocycles. The van der Waals surface area contributed by atoms with Gasteiger partial charge in [-0.25, -0.2) is 8.78 Å². The fourth-order valence-electron chi connectivity index (χ4n) is 1.24. The van der Waals surface area contributed by atoms with Gasteiger partial charge in [-0.1, -0.05) is 0 Å². The number of carbonyl (C=O) groups is 1. The fraction of sp³-hybridized carbons (Fsp3) is 0.200. The largest absolute Gasteiger partial charge is 0.481 e. The Hall–Kier alpha value is -1.48. The second-order valence-electron chi connectivity index (χ2n) is 3.01. The number of halogens is 3. The Labute approximate surface area is 98.4 Å². The summed E-state index contributed by atoms with van der Waals surface area (Å²) in [5.41, 5.74) is -0.347.